The van der Waals surface area contributed by atoms with Gasteiger partial charge in [-0.15, -0.1) is 0 Å². The summed E-state index contributed by atoms with van der Waals surface area (Å²) in [4.78, 5) is 24.5. The van der Waals surface area contributed by atoms with Gasteiger partial charge < -0.3 is 18.9 Å². The van der Waals surface area contributed by atoms with Gasteiger partial charge in [0.05, 0.1) is 27.4 Å². The molecule has 2 rings (SSSR count). The second kappa shape index (κ2) is 10.9. The number of ether oxygens (including phenoxy) is 4. The lowest BCUT2D eigenvalue weighted by Gasteiger charge is -2.14. The predicted molar refractivity (Wildman–Crippen MR) is 112 cm³/mol. The maximum atomic E-state index is 12.3. The molecule has 8 heteroatoms. The smallest absolute Gasteiger partial charge is 0.269 e. The number of carbonyl (C=O) groups is 2. The zero-order chi connectivity index (χ0) is 22.1. The van der Waals surface area contributed by atoms with Crippen molar-refractivity contribution in [3.63, 3.8) is 0 Å². The molecule has 0 heterocycles. The molecule has 2 aromatic carbocycles. The maximum Gasteiger partial charge on any atom is 0.269 e. The average molecular weight is 416 g/mol. The summed E-state index contributed by atoms with van der Waals surface area (Å²) in [6.07, 6.45) is 0.619. The Morgan fingerprint density at radius 1 is 0.867 bits per heavy atom. The third-order valence-electron chi connectivity index (χ3n) is 4.16. The van der Waals surface area contributed by atoms with E-state index in [1.165, 1.54) is 7.11 Å². The molecule has 0 saturated carbocycles. The van der Waals surface area contributed by atoms with Crippen molar-refractivity contribution in [2.45, 2.75) is 32.8 Å². The molecule has 2 aromatic rings. The Kier molecular flexibility index (Phi) is 8.34. The molecule has 0 fully saturated rings. The predicted octanol–water partition coefficient (Wildman–Crippen LogP) is 2.89. The Morgan fingerprint density at radius 3 is 2.10 bits per heavy atom. The quantitative estimate of drug-likeness (QED) is 0.611. The maximum absolute atomic E-state index is 12.3. The summed E-state index contributed by atoms with van der Waals surface area (Å²) in [7, 11) is 4.63. The Morgan fingerprint density at radius 2 is 1.53 bits per heavy atom. The van der Waals surface area contributed by atoms with Crippen molar-refractivity contribution in [2.24, 2.45) is 0 Å². The first-order valence-electron chi connectivity index (χ1n) is 9.52. The molecule has 0 bridgehead atoms. The van der Waals surface area contributed by atoms with E-state index in [-0.39, 0.29) is 18.4 Å². The third-order valence-corrected chi connectivity index (χ3v) is 4.16. The van der Waals surface area contributed by atoms with Crippen molar-refractivity contribution in [3.8, 4) is 23.0 Å². The summed E-state index contributed by atoms with van der Waals surface area (Å²) in [6.45, 7) is 3.80. The summed E-state index contributed by atoms with van der Waals surface area (Å²) in [5, 5.41) is 0. The van der Waals surface area contributed by atoms with Crippen LogP contribution in [0, 0.1) is 0 Å². The zero-order valence-electron chi connectivity index (χ0n) is 17.9. The van der Waals surface area contributed by atoms with Gasteiger partial charge >= 0.3 is 0 Å². The molecule has 8 nitrogen and oxygen atoms in total. The number of amides is 2. The van der Waals surface area contributed by atoms with Crippen molar-refractivity contribution in [1.82, 2.24) is 10.9 Å². The molecule has 162 valence electrons. The number of hydrogen-bond donors (Lipinski definition) is 2. The monoisotopic (exact) mass is 416 g/mol. The van der Waals surface area contributed by atoms with E-state index in [9.17, 15) is 9.59 Å². The topological polar surface area (TPSA) is 95.1 Å². The largest absolute Gasteiger partial charge is 0.497 e. The molecule has 30 heavy (non-hydrogen) atoms. The second-order valence-corrected chi connectivity index (χ2v) is 6.76. The van der Waals surface area contributed by atoms with Gasteiger partial charge in [-0.25, -0.2) is 0 Å². The third kappa shape index (κ3) is 6.58. The minimum atomic E-state index is -0.458. The number of aryl methyl sites for hydroxylation is 1. The molecule has 0 radical (unpaired) electrons. The van der Waals surface area contributed by atoms with Gasteiger partial charge in [0.15, 0.2) is 11.5 Å². The van der Waals surface area contributed by atoms with E-state index in [1.54, 1.807) is 38.5 Å². The number of rotatable bonds is 9. The van der Waals surface area contributed by atoms with Crippen LogP contribution in [0.15, 0.2) is 36.4 Å². The van der Waals surface area contributed by atoms with Gasteiger partial charge in [-0.05, 0) is 56.2 Å². The number of hydrogen-bond acceptors (Lipinski definition) is 6. The summed E-state index contributed by atoms with van der Waals surface area (Å²) >= 11 is 0. The van der Waals surface area contributed by atoms with Crippen molar-refractivity contribution < 1.29 is 28.5 Å². The van der Waals surface area contributed by atoms with Crippen LogP contribution in [0.4, 0.5) is 0 Å². The lowest BCUT2D eigenvalue weighted by atomic mass is 10.1. The number of hydrazine groups is 1. The fourth-order valence-electron chi connectivity index (χ4n) is 2.69. The van der Waals surface area contributed by atoms with Crippen molar-refractivity contribution in [3.05, 3.63) is 47.5 Å². The number of carbonyl (C=O) groups excluding carboxylic acids is 2. The summed E-state index contributed by atoms with van der Waals surface area (Å²) in [5.41, 5.74) is 6.05. The van der Waals surface area contributed by atoms with Gasteiger partial charge in [0, 0.05) is 18.1 Å². The van der Waals surface area contributed by atoms with Gasteiger partial charge in [0.2, 0.25) is 5.91 Å². The lowest BCUT2D eigenvalue weighted by Crippen LogP contribution is -2.41. The highest BCUT2D eigenvalue weighted by Crippen LogP contribution is 2.29. The first kappa shape index (κ1) is 22.9. The first-order chi connectivity index (χ1) is 14.4. The van der Waals surface area contributed by atoms with E-state index in [0.717, 1.165) is 5.56 Å². The molecule has 0 atom stereocenters. The Balaban J connectivity index is 1.91. The highest BCUT2D eigenvalue weighted by atomic mass is 16.5. The molecule has 0 spiro atoms. The van der Waals surface area contributed by atoms with E-state index in [2.05, 4.69) is 10.9 Å². The molecule has 0 aliphatic carbocycles. The SMILES string of the molecule is COc1cc(CCC(=O)NNC(=O)c2ccc(OC(C)C)c(OC)c2)cc(OC)c1. The van der Waals surface area contributed by atoms with Crippen LogP contribution in [-0.4, -0.2) is 39.2 Å². The summed E-state index contributed by atoms with van der Waals surface area (Å²) < 4.78 is 21.4. The van der Waals surface area contributed by atoms with Gasteiger partial charge in [0.25, 0.3) is 5.91 Å². The number of benzene rings is 2. The van der Waals surface area contributed by atoms with Crippen LogP contribution in [0.25, 0.3) is 0 Å². The highest BCUT2D eigenvalue weighted by molar-refractivity contribution is 5.96. The van der Waals surface area contributed by atoms with Gasteiger partial charge in [-0.3, -0.25) is 20.4 Å². The van der Waals surface area contributed by atoms with Crippen LogP contribution in [0.3, 0.4) is 0 Å². The Bertz CT molecular complexity index is 860. The molecular formula is C22H28N2O6. The van der Waals surface area contributed by atoms with Crippen LogP contribution in [0.1, 0.15) is 36.2 Å². The van der Waals surface area contributed by atoms with Crippen LogP contribution in [0.2, 0.25) is 0 Å². The van der Waals surface area contributed by atoms with E-state index < -0.39 is 5.91 Å². The fourth-order valence-corrected chi connectivity index (χ4v) is 2.69. The van der Waals surface area contributed by atoms with E-state index in [4.69, 9.17) is 18.9 Å². The lowest BCUT2D eigenvalue weighted by molar-refractivity contribution is -0.121. The van der Waals surface area contributed by atoms with Crippen LogP contribution < -0.4 is 29.8 Å². The van der Waals surface area contributed by atoms with Crippen molar-refractivity contribution in [1.29, 1.82) is 0 Å². The fraction of sp³-hybridized carbons (Fsp3) is 0.364. The molecule has 2 amide bonds. The average Bonchev–Trinajstić information content (AvgIpc) is 2.75. The van der Waals surface area contributed by atoms with E-state index in [0.29, 0.717) is 35.0 Å². The van der Waals surface area contributed by atoms with Gasteiger partial charge in [0.1, 0.15) is 11.5 Å². The minimum absolute atomic E-state index is 0.0255. The number of methoxy groups -OCH3 is 3. The first-order valence-corrected chi connectivity index (χ1v) is 9.52. The Hall–Kier alpha value is -3.42. The molecule has 0 aliphatic heterocycles. The van der Waals surface area contributed by atoms with E-state index in [1.807, 2.05) is 26.0 Å². The molecule has 0 aliphatic rings. The van der Waals surface area contributed by atoms with Gasteiger partial charge in [-0.2, -0.15) is 0 Å². The van der Waals surface area contributed by atoms with Crippen LogP contribution in [0.5, 0.6) is 23.0 Å². The Labute approximate surface area is 176 Å². The standard InChI is InChI=1S/C22H28N2O6/c1-14(2)30-19-8-7-16(12-20(19)29-5)22(26)24-23-21(25)9-6-15-10-17(27-3)13-18(11-15)28-4/h7-8,10-14H,6,9H2,1-5H3,(H,23,25)(H,24,26). The van der Waals surface area contributed by atoms with Crippen LogP contribution >= 0.6 is 0 Å². The summed E-state index contributed by atoms with van der Waals surface area (Å²) in [6, 6.07) is 10.2. The zero-order valence-corrected chi connectivity index (χ0v) is 17.9. The van der Waals surface area contributed by atoms with Crippen molar-refractivity contribution >= 4 is 11.8 Å². The van der Waals surface area contributed by atoms with E-state index >= 15 is 0 Å². The molecule has 0 unspecified atom stereocenters. The molecule has 0 saturated heterocycles. The van der Waals surface area contributed by atoms with Crippen LogP contribution in [-0.2, 0) is 11.2 Å². The minimum Gasteiger partial charge on any atom is -0.497 e. The highest BCUT2D eigenvalue weighted by Gasteiger charge is 2.13. The molecular weight excluding hydrogens is 388 g/mol. The van der Waals surface area contributed by atoms with Gasteiger partial charge in [-0.1, -0.05) is 0 Å². The summed E-state index contributed by atoms with van der Waals surface area (Å²) in [5.74, 6) is 1.50. The number of nitrogens with one attached hydrogen (secondary N) is 2. The molecule has 2 N–H and O–H groups in total. The van der Waals surface area contributed by atoms with Crippen molar-refractivity contribution in [2.75, 3.05) is 21.3 Å². The molecule has 0 aromatic heterocycles. The normalized spacial score (nSPS) is 10.3. The second-order valence-electron chi connectivity index (χ2n) is 6.76.